The van der Waals surface area contributed by atoms with Crippen molar-refractivity contribution in [2.75, 3.05) is 0 Å². The van der Waals surface area contributed by atoms with Gasteiger partial charge in [-0.2, -0.15) is 4.72 Å². The highest BCUT2D eigenvalue weighted by Gasteiger charge is 2.25. The van der Waals surface area contributed by atoms with Crippen LogP contribution in [0.5, 0.6) is 0 Å². The van der Waals surface area contributed by atoms with Gasteiger partial charge >= 0.3 is 0 Å². The molecular formula is C16H16ClNO3S. The fourth-order valence-electron chi connectivity index (χ4n) is 2.13. The second-order valence-corrected chi connectivity index (χ2v) is 6.99. The molecule has 6 heteroatoms. The molecule has 22 heavy (non-hydrogen) atoms. The lowest BCUT2D eigenvalue weighted by Gasteiger charge is -2.16. The smallest absolute Gasteiger partial charge is 0.241 e. The minimum absolute atomic E-state index is 0.144. The van der Waals surface area contributed by atoms with Gasteiger partial charge in [0.25, 0.3) is 0 Å². The van der Waals surface area contributed by atoms with Crippen LogP contribution in [0.2, 0.25) is 0 Å². The van der Waals surface area contributed by atoms with Gasteiger partial charge in [-0.3, -0.25) is 4.79 Å². The minimum atomic E-state index is -3.81. The van der Waals surface area contributed by atoms with E-state index in [2.05, 4.69) is 4.72 Å². The predicted molar refractivity (Wildman–Crippen MR) is 86.3 cm³/mol. The SMILES string of the molecule is Cc1ccccc1S(=O)(=O)N[C@@H](Cc1ccccc1)C(=O)Cl. The van der Waals surface area contributed by atoms with E-state index in [0.717, 1.165) is 5.56 Å². The summed E-state index contributed by atoms with van der Waals surface area (Å²) in [5.74, 6) is 0. The van der Waals surface area contributed by atoms with Gasteiger partial charge in [0.1, 0.15) is 0 Å². The summed E-state index contributed by atoms with van der Waals surface area (Å²) in [4.78, 5) is 11.7. The molecule has 0 aliphatic carbocycles. The average Bonchev–Trinajstić information content (AvgIpc) is 2.47. The Morgan fingerprint density at radius 1 is 1.09 bits per heavy atom. The molecule has 0 unspecified atom stereocenters. The molecule has 0 amide bonds. The number of carbonyl (C=O) groups excluding carboxylic acids is 1. The molecule has 0 spiro atoms. The van der Waals surface area contributed by atoms with Crippen LogP contribution in [0.25, 0.3) is 0 Å². The van der Waals surface area contributed by atoms with Crippen LogP contribution in [-0.2, 0) is 21.2 Å². The predicted octanol–water partition coefficient (Wildman–Crippen LogP) is 2.65. The fraction of sp³-hybridized carbons (Fsp3) is 0.188. The van der Waals surface area contributed by atoms with Crippen molar-refractivity contribution in [1.82, 2.24) is 4.72 Å². The molecule has 2 rings (SSSR count). The lowest BCUT2D eigenvalue weighted by Crippen LogP contribution is -2.40. The molecule has 0 saturated carbocycles. The van der Waals surface area contributed by atoms with Gasteiger partial charge in [-0.1, -0.05) is 48.5 Å². The van der Waals surface area contributed by atoms with E-state index in [1.807, 2.05) is 30.3 Å². The molecule has 0 fully saturated rings. The van der Waals surface area contributed by atoms with E-state index in [1.54, 1.807) is 25.1 Å². The summed E-state index contributed by atoms with van der Waals surface area (Å²) in [6.45, 7) is 1.70. The minimum Gasteiger partial charge on any atom is -0.279 e. The summed E-state index contributed by atoms with van der Waals surface area (Å²) in [6.07, 6.45) is 0.203. The first-order valence-corrected chi connectivity index (χ1v) is 8.57. The Hall–Kier alpha value is -1.69. The van der Waals surface area contributed by atoms with E-state index in [9.17, 15) is 13.2 Å². The zero-order valence-corrected chi connectivity index (χ0v) is 13.6. The third kappa shape index (κ3) is 4.16. The number of aryl methyl sites for hydroxylation is 1. The summed E-state index contributed by atoms with van der Waals surface area (Å²) in [6, 6.07) is 14.7. The maximum absolute atomic E-state index is 12.4. The number of benzene rings is 2. The Morgan fingerprint density at radius 3 is 2.27 bits per heavy atom. The van der Waals surface area contributed by atoms with Gasteiger partial charge in [-0.05, 0) is 42.1 Å². The molecule has 0 aromatic heterocycles. The summed E-state index contributed by atoms with van der Waals surface area (Å²) in [7, 11) is -3.81. The lowest BCUT2D eigenvalue weighted by atomic mass is 10.1. The second-order valence-electron chi connectivity index (χ2n) is 4.93. The van der Waals surface area contributed by atoms with Crippen molar-refractivity contribution in [1.29, 1.82) is 0 Å². The van der Waals surface area contributed by atoms with E-state index < -0.39 is 21.3 Å². The highest BCUT2D eigenvalue weighted by atomic mass is 35.5. The molecular weight excluding hydrogens is 322 g/mol. The normalized spacial score (nSPS) is 12.8. The van der Waals surface area contributed by atoms with Gasteiger partial charge in [0.15, 0.2) is 0 Å². The van der Waals surface area contributed by atoms with Crippen LogP contribution in [0, 0.1) is 6.92 Å². The summed E-state index contributed by atoms with van der Waals surface area (Å²) < 4.78 is 27.3. The van der Waals surface area contributed by atoms with Crippen LogP contribution < -0.4 is 4.72 Å². The Kier molecular flexibility index (Phi) is 5.34. The number of sulfonamides is 1. The average molecular weight is 338 g/mol. The molecule has 0 heterocycles. The van der Waals surface area contributed by atoms with Crippen LogP contribution in [0.1, 0.15) is 11.1 Å². The Balaban J connectivity index is 2.24. The van der Waals surface area contributed by atoms with Gasteiger partial charge in [0.2, 0.25) is 15.3 Å². The van der Waals surface area contributed by atoms with Crippen LogP contribution in [0.15, 0.2) is 59.5 Å². The van der Waals surface area contributed by atoms with Crippen molar-refractivity contribution in [3.8, 4) is 0 Å². The Labute approximate surface area is 135 Å². The van der Waals surface area contributed by atoms with E-state index >= 15 is 0 Å². The molecule has 1 N–H and O–H groups in total. The van der Waals surface area contributed by atoms with E-state index in [4.69, 9.17) is 11.6 Å². The summed E-state index contributed by atoms with van der Waals surface area (Å²) in [5, 5.41) is -0.735. The largest absolute Gasteiger partial charge is 0.279 e. The number of hydrogen-bond acceptors (Lipinski definition) is 3. The van der Waals surface area contributed by atoms with Gasteiger partial charge in [0, 0.05) is 0 Å². The maximum Gasteiger partial charge on any atom is 0.241 e. The third-order valence-electron chi connectivity index (χ3n) is 3.24. The molecule has 0 saturated heterocycles. The zero-order valence-electron chi connectivity index (χ0n) is 12.0. The molecule has 116 valence electrons. The first-order chi connectivity index (χ1) is 10.4. The highest BCUT2D eigenvalue weighted by molar-refractivity contribution is 7.89. The number of halogens is 1. The molecule has 0 aliphatic heterocycles. The number of rotatable bonds is 6. The van der Waals surface area contributed by atoms with E-state index in [1.165, 1.54) is 6.07 Å². The fourth-order valence-corrected chi connectivity index (χ4v) is 3.76. The maximum atomic E-state index is 12.4. The molecule has 4 nitrogen and oxygen atoms in total. The van der Waals surface area contributed by atoms with Crippen molar-refractivity contribution in [3.63, 3.8) is 0 Å². The van der Waals surface area contributed by atoms with Crippen LogP contribution in [0.4, 0.5) is 0 Å². The number of nitrogens with one attached hydrogen (secondary N) is 1. The van der Waals surface area contributed by atoms with Crippen LogP contribution >= 0.6 is 11.6 Å². The van der Waals surface area contributed by atoms with Crippen molar-refractivity contribution in [2.24, 2.45) is 0 Å². The molecule has 0 radical (unpaired) electrons. The zero-order chi connectivity index (χ0) is 16.2. The summed E-state index contributed by atoms with van der Waals surface area (Å²) in [5.41, 5.74) is 1.43. The molecule has 1 atom stereocenters. The first-order valence-electron chi connectivity index (χ1n) is 6.71. The molecule has 2 aromatic rings. The van der Waals surface area contributed by atoms with Crippen molar-refractivity contribution in [2.45, 2.75) is 24.3 Å². The number of carbonyl (C=O) groups is 1. The number of hydrogen-bond donors (Lipinski definition) is 1. The summed E-state index contributed by atoms with van der Waals surface area (Å²) >= 11 is 5.56. The third-order valence-corrected chi connectivity index (χ3v) is 5.13. The quantitative estimate of drug-likeness (QED) is 0.824. The van der Waals surface area contributed by atoms with Crippen LogP contribution in [-0.4, -0.2) is 19.7 Å². The second kappa shape index (κ2) is 7.05. The van der Waals surface area contributed by atoms with Gasteiger partial charge in [-0.25, -0.2) is 8.42 Å². The molecule has 2 aromatic carbocycles. The van der Waals surface area contributed by atoms with Gasteiger partial charge in [0.05, 0.1) is 10.9 Å². The molecule has 0 aliphatic rings. The van der Waals surface area contributed by atoms with Crippen molar-refractivity contribution < 1.29 is 13.2 Å². The lowest BCUT2D eigenvalue weighted by molar-refractivity contribution is -0.113. The highest BCUT2D eigenvalue weighted by Crippen LogP contribution is 2.16. The topological polar surface area (TPSA) is 63.2 Å². The van der Waals surface area contributed by atoms with Gasteiger partial charge in [-0.15, -0.1) is 0 Å². The Morgan fingerprint density at radius 2 is 1.68 bits per heavy atom. The molecule has 0 bridgehead atoms. The van der Waals surface area contributed by atoms with Crippen molar-refractivity contribution >= 4 is 26.9 Å². The monoisotopic (exact) mass is 337 g/mol. The van der Waals surface area contributed by atoms with Gasteiger partial charge < -0.3 is 0 Å². The first kappa shape index (κ1) is 16.7. The van der Waals surface area contributed by atoms with Crippen LogP contribution in [0.3, 0.4) is 0 Å². The Bertz CT molecular complexity index is 760. The van der Waals surface area contributed by atoms with Crippen molar-refractivity contribution in [3.05, 3.63) is 65.7 Å². The van der Waals surface area contributed by atoms with E-state index in [0.29, 0.717) is 5.56 Å². The van der Waals surface area contributed by atoms with E-state index in [-0.39, 0.29) is 11.3 Å². The standard InChI is InChI=1S/C16H16ClNO3S/c1-12-7-5-6-10-15(12)22(20,21)18-14(16(17)19)11-13-8-3-2-4-9-13/h2-10,14,18H,11H2,1H3/t14-/m0/s1.